The molecule has 19 heavy (non-hydrogen) atoms. The molecular weight excluding hydrogens is 333 g/mol. The molecule has 2 aromatic carbocycles. The highest BCUT2D eigenvalue weighted by molar-refractivity contribution is 9.10. The minimum Gasteiger partial charge on any atom is -0.507 e. The van der Waals surface area contributed by atoms with Gasteiger partial charge in [0.25, 0.3) is 0 Å². The predicted octanol–water partition coefficient (Wildman–Crippen LogP) is 4.66. The Kier molecular flexibility index (Phi) is 3.15. The first kappa shape index (κ1) is 12.8. The van der Waals surface area contributed by atoms with Crippen molar-refractivity contribution in [2.75, 3.05) is 5.32 Å². The number of phenols is 1. The molecule has 0 saturated heterocycles. The average molecular weight is 343 g/mol. The Labute approximate surface area is 123 Å². The van der Waals surface area contributed by atoms with Gasteiger partial charge in [0.05, 0.1) is 11.6 Å². The summed E-state index contributed by atoms with van der Waals surface area (Å²) in [6.45, 7) is 0. The van der Waals surface area contributed by atoms with E-state index in [-0.39, 0.29) is 22.4 Å². The molecule has 0 amide bonds. The number of anilines is 1. The second-order valence-electron chi connectivity index (χ2n) is 4.52. The summed E-state index contributed by atoms with van der Waals surface area (Å²) in [5.41, 5.74) is 2.31. The van der Waals surface area contributed by atoms with E-state index in [2.05, 4.69) is 21.2 Å². The average Bonchev–Trinajstić information content (AvgIpc) is 2.69. The van der Waals surface area contributed by atoms with Crippen molar-refractivity contribution >= 4 is 33.2 Å². The van der Waals surface area contributed by atoms with Gasteiger partial charge in [0, 0.05) is 15.2 Å². The highest BCUT2D eigenvalue weighted by atomic mass is 79.9. The molecule has 5 heteroatoms. The van der Waals surface area contributed by atoms with Crippen molar-refractivity contribution in [1.29, 1.82) is 0 Å². The molecule has 0 saturated carbocycles. The van der Waals surface area contributed by atoms with Crippen LogP contribution in [-0.2, 0) is 6.42 Å². The van der Waals surface area contributed by atoms with E-state index in [1.54, 1.807) is 0 Å². The number of aromatic hydroxyl groups is 1. The fraction of sp³-hybridized carbons (Fsp3) is 0.143. The zero-order chi connectivity index (χ0) is 13.6. The number of fused-ring (bicyclic) bond motifs is 1. The topological polar surface area (TPSA) is 32.3 Å². The molecule has 0 spiro atoms. The molecule has 3 rings (SSSR count). The van der Waals surface area contributed by atoms with Crippen molar-refractivity contribution in [2.45, 2.75) is 12.5 Å². The predicted molar refractivity (Wildman–Crippen MR) is 77.3 cm³/mol. The van der Waals surface area contributed by atoms with Gasteiger partial charge in [-0.2, -0.15) is 0 Å². The lowest BCUT2D eigenvalue weighted by atomic mass is 10.0. The summed E-state index contributed by atoms with van der Waals surface area (Å²) >= 11 is 9.12. The SMILES string of the molecule is Oc1cc(Cl)cc(F)c1[C@H]1Cc2cc(Br)ccc2N1. The third-order valence-electron chi connectivity index (χ3n) is 3.24. The monoisotopic (exact) mass is 341 g/mol. The Morgan fingerprint density at radius 3 is 2.84 bits per heavy atom. The molecule has 1 aliphatic rings. The summed E-state index contributed by atoms with van der Waals surface area (Å²) in [6, 6.07) is 8.16. The Morgan fingerprint density at radius 2 is 2.11 bits per heavy atom. The minimum absolute atomic E-state index is 0.116. The molecular formula is C14H10BrClFNO. The Hall–Kier alpha value is -1.26. The first-order chi connectivity index (χ1) is 9.04. The van der Waals surface area contributed by atoms with Gasteiger partial charge in [-0.15, -0.1) is 0 Å². The third-order valence-corrected chi connectivity index (χ3v) is 3.95. The number of phenolic OH excluding ortho intramolecular Hbond substituents is 1. The molecule has 0 bridgehead atoms. The van der Waals surface area contributed by atoms with Gasteiger partial charge in [0.2, 0.25) is 0 Å². The van der Waals surface area contributed by atoms with Crippen LogP contribution >= 0.6 is 27.5 Å². The van der Waals surface area contributed by atoms with Gasteiger partial charge in [0.1, 0.15) is 11.6 Å². The number of halogens is 3. The fourth-order valence-electron chi connectivity index (χ4n) is 2.42. The number of rotatable bonds is 1. The van der Waals surface area contributed by atoms with Gasteiger partial charge >= 0.3 is 0 Å². The summed E-state index contributed by atoms with van der Waals surface area (Å²) in [5.74, 6) is -0.608. The summed E-state index contributed by atoms with van der Waals surface area (Å²) in [6.07, 6.45) is 0.626. The van der Waals surface area contributed by atoms with Crippen LogP contribution in [0.25, 0.3) is 0 Å². The molecule has 0 fully saturated rings. The van der Waals surface area contributed by atoms with Crippen molar-refractivity contribution in [1.82, 2.24) is 0 Å². The lowest BCUT2D eigenvalue weighted by molar-refractivity contribution is 0.453. The molecule has 2 aromatic rings. The zero-order valence-corrected chi connectivity index (χ0v) is 12.1. The van der Waals surface area contributed by atoms with Crippen LogP contribution < -0.4 is 5.32 Å². The third kappa shape index (κ3) is 2.30. The van der Waals surface area contributed by atoms with Gasteiger partial charge < -0.3 is 10.4 Å². The zero-order valence-electron chi connectivity index (χ0n) is 9.75. The van der Waals surface area contributed by atoms with E-state index in [1.807, 2.05) is 18.2 Å². The summed E-state index contributed by atoms with van der Waals surface area (Å²) in [7, 11) is 0. The van der Waals surface area contributed by atoms with Gasteiger partial charge in [-0.3, -0.25) is 0 Å². The van der Waals surface area contributed by atoms with E-state index >= 15 is 0 Å². The lowest BCUT2D eigenvalue weighted by Gasteiger charge is -2.14. The van der Waals surface area contributed by atoms with Gasteiger partial charge in [-0.1, -0.05) is 27.5 Å². The van der Waals surface area contributed by atoms with Crippen molar-refractivity contribution in [3.05, 3.63) is 56.8 Å². The molecule has 2 N–H and O–H groups in total. The molecule has 98 valence electrons. The Bertz CT molecular complexity index is 639. The van der Waals surface area contributed by atoms with Crippen LogP contribution in [-0.4, -0.2) is 5.11 Å². The van der Waals surface area contributed by atoms with E-state index < -0.39 is 5.82 Å². The summed E-state index contributed by atoms with van der Waals surface area (Å²) in [4.78, 5) is 0. The normalized spacial score (nSPS) is 17.1. The van der Waals surface area contributed by atoms with Crippen LogP contribution in [0.2, 0.25) is 5.02 Å². The maximum Gasteiger partial charge on any atom is 0.133 e. The van der Waals surface area contributed by atoms with Crippen molar-refractivity contribution in [2.24, 2.45) is 0 Å². The van der Waals surface area contributed by atoms with Crippen molar-refractivity contribution in [3.63, 3.8) is 0 Å². The molecule has 2 nitrogen and oxygen atoms in total. The first-order valence-electron chi connectivity index (χ1n) is 5.77. The summed E-state index contributed by atoms with van der Waals surface area (Å²) < 4.78 is 15.0. The minimum atomic E-state index is -0.491. The van der Waals surface area contributed by atoms with Crippen LogP contribution in [0.5, 0.6) is 5.75 Å². The molecule has 0 aromatic heterocycles. The smallest absolute Gasteiger partial charge is 0.133 e. The van der Waals surface area contributed by atoms with Gasteiger partial charge in [-0.05, 0) is 42.3 Å². The largest absolute Gasteiger partial charge is 0.507 e. The molecule has 1 aliphatic heterocycles. The number of benzene rings is 2. The number of hydrogen-bond acceptors (Lipinski definition) is 2. The second kappa shape index (κ2) is 4.69. The van der Waals surface area contributed by atoms with E-state index in [0.29, 0.717) is 6.42 Å². The standard InChI is InChI=1S/C14H10BrClFNO/c15-8-1-2-11-7(3-8)4-12(18-11)14-10(17)5-9(16)6-13(14)19/h1-3,5-6,12,18-19H,4H2/t12-/m1/s1. The van der Waals surface area contributed by atoms with Crippen LogP contribution in [0.15, 0.2) is 34.8 Å². The first-order valence-corrected chi connectivity index (χ1v) is 6.94. The number of hydrogen-bond donors (Lipinski definition) is 2. The van der Waals surface area contributed by atoms with E-state index in [0.717, 1.165) is 15.7 Å². The van der Waals surface area contributed by atoms with Gasteiger partial charge in [0.15, 0.2) is 0 Å². The van der Waals surface area contributed by atoms with E-state index in [9.17, 15) is 9.50 Å². The molecule has 0 radical (unpaired) electrons. The summed E-state index contributed by atoms with van der Waals surface area (Å²) in [5, 5.41) is 13.3. The second-order valence-corrected chi connectivity index (χ2v) is 5.88. The Morgan fingerprint density at radius 1 is 1.32 bits per heavy atom. The molecule has 0 aliphatic carbocycles. The van der Waals surface area contributed by atoms with Crippen molar-refractivity contribution < 1.29 is 9.50 Å². The maximum atomic E-state index is 14.0. The quantitative estimate of drug-likeness (QED) is 0.790. The van der Waals surface area contributed by atoms with Crippen LogP contribution in [0.3, 0.4) is 0 Å². The van der Waals surface area contributed by atoms with Crippen LogP contribution in [0.1, 0.15) is 17.2 Å². The highest BCUT2D eigenvalue weighted by Gasteiger charge is 2.27. The molecule has 1 heterocycles. The molecule has 0 unspecified atom stereocenters. The molecule has 1 atom stereocenters. The van der Waals surface area contributed by atoms with Crippen LogP contribution in [0.4, 0.5) is 10.1 Å². The van der Waals surface area contributed by atoms with Crippen molar-refractivity contribution in [3.8, 4) is 5.75 Å². The lowest BCUT2D eigenvalue weighted by Crippen LogP contribution is -2.08. The van der Waals surface area contributed by atoms with Crippen LogP contribution in [0, 0.1) is 5.82 Å². The Balaban J connectivity index is 1.99. The van der Waals surface area contributed by atoms with Gasteiger partial charge in [-0.25, -0.2) is 4.39 Å². The van der Waals surface area contributed by atoms with E-state index in [4.69, 9.17) is 11.6 Å². The number of nitrogens with one attached hydrogen (secondary N) is 1. The highest BCUT2D eigenvalue weighted by Crippen LogP contribution is 2.40. The maximum absolute atomic E-state index is 14.0. The van der Waals surface area contributed by atoms with E-state index in [1.165, 1.54) is 12.1 Å². The fourth-order valence-corrected chi connectivity index (χ4v) is 3.03.